The number of ketones is 1. The second-order valence-electron chi connectivity index (χ2n) is 5.27. The number of carbonyl (C=O) groups excluding carboxylic acids is 1. The van der Waals surface area contributed by atoms with Crippen molar-refractivity contribution in [3.8, 4) is 0 Å². The summed E-state index contributed by atoms with van der Waals surface area (Å²) in [5.74, 6) is -0.154. The van der Waals surface area contributed by atoms with Gasteiger partial charge in [0.15, 0.2) is 0 Å². The van der Waals surface area contributed by atoms with E-state index in [4.69, 9.17) is 11.6 Å². The maximum Gasteiger partial charge on any atom is 0.141 e. The van der Waals surface area contributed by atoms with Gasteiger partial charge in [-0.3, -0.25) is 9.69 Å². The Balaban J connectivity index is 2.06. The third-order valence-corrected chi connectivity index (χ3v) is 3.93. The molecule has 2 nitrogen and oxygen atoms in total. The van der Waals surface area contributed by atoms with Gasteiger partial charge in [0.05, 0.1) is 5.02 Å². The molecule has 2 rings (SSSR count). The summed E-state index contributed by atoms with van der Waals surface area (Å²) in [5, 5.41) is 0.164. The number of carbonyl (C=O) groups is 1. The summed E-state index contributed by atoms with van der Waals surface area (Å²) in [4.78, 5) is 13.6. The first-order chi connectivity index (χ1) is 9.06. The molecular weight excluding hydrogens is 265 g/mol. The third-order valence-electron chi connectivity index (χ3n) is 3.64. The third kappa shape index (κ3) is 4.02. The molecule has 1 aliphatic heterocycles. The number of Topliss-reactive ketones (excluding diaryl/α,β-unsaturated/α-hetero) is 1. The number of hydrogen-bond acceptors (Lipinski definition) is 2. The van der Waals surface area contributed by atoms with Crippen LogP contribution in [0, 0.1) is 5.82 Å². The highest BCUT2D eigenvalue weighted by Crippen LogP contribution is 2.24. The maximum atomic E-state index is 13.1. The molecule has 1 aliphatic rings. The van der Waals surface area contributed by atoms with Crippen molar-refractivity contribution in [1.82, 2.24) is 4.90 Å². The molecule has 0 aliphatic carbocycles. The second kappa shape index (κ2) is 6.49. The first-order valence-corrected chi connectivity index (χ1v) is 7.11. The fourth-order valence-electron chi connectivity index (χ4n) is 2.70. The minimum Gasteiger partial charge on any atom is -0.300 e. The number of rotatable bonds is 4. The standard InChI is InChI=1S/C15H19ClFNO/c1-11(19)8-13-4-2-3-7-18(13)10-12-5-6-15(17)14(16)9-12/h5-6,9,13H,2-4,7-8,10H2,1H3. The number of benzene rings is 1. The Hall–Kier alpha value is -0.930. The van der Waals surface area contributed by atoms with Crippen molar-refractivity contribution in [2.24, 2.45) is 0 Å². The van der Waals surface area contributed by atoms with E-state index >= 15 is 0 Å². The van der Waals surface area contributed by atoms with Gasteiger partial charge in [-0.25, -0.2) is 4.39 Å². The van der Waals surface area contributed by atoms with Crippen molar-refractivity contribution in [2.45, 2.75) is 45.2 Å². The van der Waals surface area contributed by atoms with Gasteiger partial charge >= 0.3 is 0 Å². The van der Waals surface area contributed by atoms with Gasteiger partial charge in [0.1, 0.15) is 11.6 Å². The molecule has 19 heavy (non-hydrogen) atoms. The SMILES string of the molecule is CC(=O)CC1CCCCN1Cc1ccc(F)c(Cl)c1. The molecule has 1 heterocycles. The Bertz CT molecular complexity index is 463. The predicted octanol–water partition coefficient (Wildman–Crippen LogP) is 3.81. The quantitative estimate of drug-likeness (QED) is 0.837. The van der Waals surface area contributed by atoms with E-state index in [0.29, 0.717) is 12.5 Å². The van der Waals surface area contributed by atoms with E-state index in [1.807, 2.05) is 0 Å². The molecule has 0 N–H and O–H groups in total. The summed E-state index contributed by atoms with van der Waals surface area (Å²) in [6, 6.07) is 5.16. The molecule has 0 radical (unpaired) electrons. The number of hydrogen-bond donors (Lipinski definition) is 0. The smallest absolute Gasteiger partial charge is 0.141 e. The molecule has 4 heteroatoms. The van der Waals surface area contributed by atoms with Gasteiger partial charge in [-0.05, 0) is 44.0 Å². The normalized spacial score (nSPS) is 20.5. The van der Waals surface area contributed by atoms with Gasteiger partial charge in [-0.15, -0.1) is 0 Å². The van der Waals surface area contributed by atoms with Crippen molar-refractivity contribution in [2.75, 3.05) is 6.54 Å². The summed E-state index contributed by atoms with van der Waals surface area (Å²) in [6.45, 7) is 3.37. The van der Waals surface area contributed by atoms with E-state index in [1.54, 1.807) is 19.1 Å². The van der Waals surface area contributed by atoms with E-state index in [0.717, 1.165) is 31.5 Å². The molecule has 1 fully saturated rings. The van der Waals surface area contributed by atoms with Crippen LogP contribution >= 0.6 is 11.6 Å². The molecule has 0 saturated carbocycles. The lowest BCUT2D eigenvalue weighted by Gasteiger charge is -2.35. The number of nitrogens with zero attached hydrogens (tertiary/aromatic N) is 1. The van der Waals surface area contributed by atoms with Crippen molar-refractivity contribution in [3.05, 3.63) is 34.6 Å². The van der Waals surface area contributed by atoms with Crippen molar-refractivity contribution >= 4 is 17.4 Å². The monoisotopic (exact) mass is 283 g/mol. The zero-order valence-corrected chi connectivity index (χ0v) is 11.9. The predicted molar refractivity (Wildman–Crippen MR) is 74.8 cm³/mol. The van der Waals surface area contributed by atoms with E-state index in [1.165, 1.54) is 12.5 Å². The Morgan fingerprint density at radius 2 is 2.26 bits per heavy atom. The Morgan fingerprint density at radius 3 is 2.95 bits per heavy atom. The Morgan fingerprint density at radius 1 is 1.47 bits per heavy atom. The molecule has 0 aromatic heterocycles. The van der Waals surface area contributed by atoms with Gasteiger partial charge in [0.25, 0.3) is 0 Å². The van der Waals surface area contributed by atoms with Crippen LogP contribution in [0.1, 0.15) is 38.2 Å². The topological polar surface area (TPSA) is 20.3 Å². The molecule has 1 atom stereocenters. The van der Waals surface area contributed by atoms with Crippen LogP contribution in [0.4, 0.5) is 4.39 Å². The van der Waals surface area contributed by atoms with Gasteiger partial charge < -0.3 is 0 Å². The average Bonchev–Trinajstić information content (AvgIpc) is 2.36. The summed E-state index contributed by atoms with van der Waals surface area (Å²) in [5.41, 5.74) is 1.00. The maximum absolute atomic E-state index is 13.1. The van der Waals surface area contributed by atoms with Crippen LogP contribution < -0.4 is 0 Å². The number of piperidine rings is 1. The number of halogens is 2. The summed E-state index contributed by atoms with van der Waals surface area (Å²) in [6.07, 6.45) is 4.01. The molecule has 1 saturated heterocycles. The van der Waals surface area contributed by atoms with Crippen molar-refractivity contribution in [3.63, 3.8) is 0 Å². The second-order valence-corrected chi connectivity index (χ2v) is 5.68. The zero-order valence-electron chi connectivity index (χ0n) is 11.2. The lowest BCUT2D eigenvalue weighted by Crippen LogP contribution is -2.39. The molecule has 1 unspecified atom stereocenters. The summed E-state index contributed by atoms with van der Waals surface area (Å²) >= 11 is 5.80. The lowest BCUT2D eigenvalue weighted by atomic mass is 9.97. The van der Waals surface area contributed by atoms with Crippen LogP contribution in [0.5, 0.6) is 0 Å². The Kier molecular flexibility index (Phi) is 4.94. The van der Waals surface area contributed by atoms with Crippen LogP contribution in [0.2, 0.25) is 5.02 Å². The molecule has 0 amide bonds. The zero-order chi connectivity index (χ0) is 13.8. The summed E-state index contributed by atoms with van der Waals surface area (Å²) in [7, 11) is 0. The minimum atomic E-state index is -0.385. The van der Waals surface area contributed by atoms with E-state index in [2.05, 4.69) is 4.90 Å². The van der Waals surface area contributed by atoms with E-state index < -0.39 is 0 Å². The highest BCUT2D eigenvalue weighted by Gasteiger charge is 2.23. The largest absolute Gasteiger partial charge is 0.300 e. The van der Waals surface area contributed by atoms with E-state index in [-0.39, 0.29) is 16.6 Å². The highest BCUT2D eigenvalue weighted by molar-refractivity contribution is 6.30. The Labute approximate surface area is 118 Å². The fraction of sp³-hybridized carbons (Fsp3) is 0.533. The van der Waals surface area contributed by atoms with Crippen LogP contribution in [0.15, 0.2) is 18.2 Å². The van der Waals surface area contributed by atoms with E-state index in [9.17, 15) is 9.18 Å². The molecular formula is C15H19ClFNO. The minimum absolute atomic E-state index is 0.164. The average molecular weight is 284 g/mol. The lowest BCUT2D eigenvalue weighted by molar-refractivity contribution is -0.118. The first-order valence-electron chi connectivity index (χ1n) is 6.73. The molecule has 0 spiro atoms. The molecule has 0 bridgehead atoms. The molecule has 104 valence electrons. The molecule has 1 aromatic carbocycles. The van der Waals surface area contributed by atoms with Crippen LogP contribution in [-0.4, -0.2) is 23.3 Å². The fourth-order valence-corrected chi connectivity index (χ4v) is 2.91. The van der Waals surface area contributed by atoms with Crippen LogP contribution in [0.3, 0.4) is 0 Å². The van der Waals surface area contributed by atoms with Gasteiger partial charge in [0.2, 0.25) is 0 Å². The van der Waals surface area contributed by atoms with Gasteiger partial charge in [0, 0.05) is 19.0 Å². The van der Waals surface area contributed by atoms with Crippen molar-refractivity contribution < 1.29 is 9.18 Å². The number of likely N-dealkylation sites (tertiary alicyclic amines) is 1. The molecule has 1 aromatic rings. The van der Waals surface area contributed by atoms with Crippen LogP contribution in [-0.2, 0) is 11.3 Å². The first kappa shape index (κ1) is 14.5. The van der Waals surface area contributed by atoms with Crippen LogP contribution in [0.25, 0.3) is 0 Å². The summed E-state index contributed by atoms with van der Waals surface area (Å²) < 4.78 is 13.1. The van der Waals surface area contributed by atoms with Gasteiger partial charge in [-0.1, -0.05) is 24.1 Å². The van der Waals surface area contributed by atoms with Gasteiger partial charge in [-0.2, -0.15) is 0 Å². The van der Waals surface area contributed by atoms with Crippen molar-refractivity contribution in [1.29, 1.82) is 0 Å². The highest BCUT2D eigenvalue weighted by atomic mass is 35.5.